The maximum Gasteiger partial charge on any atom is 0.240 e. The molecule has 0 unspecified atom stereocenters. The maximum absolute atomic E-state index is 12.0. The Morgan fingerprint density at radius 3 is 2.55 bits per heavy atom. The van der Waals surface area contributed by atoms with Gasteiger partial charge < -0.3 is 10.6 Å². The smallest absolute Gasteiger partial charge is 0.240 e. The molecule has 1 fully saturated rings. The number of guanidine groups is 1. The standard InChI is InChI=1S/C13H20N4O2S2.HI/c14-13(17-8-10-20-11-9-17)15-6-7-16-21(18,19)12-4-2-1-3-5-12;/h1-5,16H,6-11H2,(H2,14,15);1H. The van der Waals surface area contributed by atoms with Gasteiger partial charge in [0.05, 0.1) is 11.4 Å². The Hall–Kier alpha value is -0.520. The molecule has 1 aliphatic heterocycles. The van der Waals surface area contributed by atoms with Crippen LogP contribution in [0.1, 0.15) is 0 Å². The van der Waals surface area contributed by atoms with Gasteiger partial charge in [-0.05, 0) is 12.1 Å². The SMILES string of the molecule is I.NC(=NCCNS(=O)(=O)c1ccccc1)N1CCSCC1. The predicted octanol–water partition coefficient (Wildman–Crippen LogP) is 0.946. The fraction of sp³-hybridized carbons (Fsp3) is 0.462. The van der Waals surface area contributed by atoms with Crippen molar-refractivity contribution < 1.29 is 8.42 Å². The normalized spacial score (nSPS) is 16.2. The van der Waals surface area contributed by atoms with E-state index in [1.165, 1.54) is 0 Å². The summed E-state index contributed by atoms with van der Waals surface area (Å²) in [6.07, 6.45) is 0. The molecule has 0 aliphatic carbocycles. The number of nitrogens with zero attached hydrogens (tertiary/aromatic N) is 2. The number of sulfonamides is 1. The number of hydrogen-bond acceptors (Lipinski definition) is 4. The quantitative estimate of drug-likeness (QED) is 0.298. The lowest BCUT2D eigenvalue weighted by molar-refractivity contribution is 0.456. The third-order valence-electron chi connectivity index (χ3n) is 3.07. The van der Waals surface area contributed by atoms with Gasteiger partial charge in [-0.15, -0.1) is 24.0 Å². The predicted molar refractivity (Wildman–Crippen MR) is 102 cm³/mol. The van der Waals surface area contributed by atoms with Crippen molar-refractivity contribution in [3.63, 3.8) is 0 Å². The Morgan fingerprint density at radius 2 is 1.91 bits per heavy atom. The van der Waals surface area contributed by atoms with Crippen molar-refractivity contribution in [2.24, 2.45) is 10.7 Å². The molecule has 2 rings (SSSR count). The lowest BCUT2D eigenvalue weighted by Crippen LogP contribution is -2.43. The van der Waals surface area contributed by atoms with Crippen molar-refractivity contribution in [2.75, 3.05) is 37.7 Å². The number of nitrogens with two attached hydrogens (primary N) is 1. The van der Waals surface area contributed by atoms with Crippen molar-refractivity contribution in [3.8, 4) is 0 Å². The molecule has 0 spiro atoms. The number of thioether (sulfide) groups is 1. The number of halogens is 1. The van der Waals surface area contributed by atoms with Crippen molar-refractivity contribution >= 4 is 51.7 Å². The van der Waals surface area contributed by atoms with Crippen LogP contribution in [-0.4, -0.2) is 57.0 Å². The molecule has 1 heterocycles. The van der Waals surface area contributed by atoms with Gasteiger partial charge >= 0.3 is 0 Å². The molecule has 0 bridgehead atoms. The average Bonchev–Trinajstić information content (AvgIpc) is 2.53. The summed E-state index contributed by atoms with van der Waals surface area (Å²) in [6.45, 7) is 2.37. The fourth-order valence-corrected chi connectivity index (χ4v) is 3.87. The maximum atomic E-state index is 12.0. The van der Waals surface area contributed by atoms with Crippen molar-refractivity contribution in [3.05, 3.63) is 30.3 Å². The molecule has 0 saturated carbocycles. The highest BCUT2D eigenvalue weighted by molar-refractivity contribution is 14.0. The molecule has 124 valence electrons. The first-order valence-corrected chi connectivity index (χ1v) is 9.41. The zero-order chi connectivity index (χ0) is 15.1. The summed E-state index contributed by atoms with van der Waals surface area (Å²) in [6, 6.07) is 8.29. The van der Waals surface area contributed by atoms with Crippen LogP contribution in [0.15, 0.2) is 40.2 Å². The van der Waals surface area contributed by atoms with Gasteiger partial charge in [0.1, 0.15) is 0 Å². The number of nitrogens with one attached hydrogen (secondary N) is 1. The Kier molecular flexibility index (Phi) is 8.50. The number of hydrogen-bond donors (Lipinski definition) is 2. The summed E-state index contributed by atoms with van der Waals surface area (Å²) in [5.74, 6) is 2.60. The highest BCUT2D eigenvalue weighted by Gasteiger charge is 2.13. The Balaban J connectivity index is 0.00000242. The second-order valence-electron chi connectivity index (χ2n) is 4.55. The molecule has 6 nitrogen and oxygen atoms in total. The largest absolute Gasteiger partial charge is 0.370 e. The minimum Gasteiger partial charge on any atom is -0.370 e. The Morgan fingerprint density at radius 1 is 1.27 bits per heavy atom. The minimum absolute atomic E-state index is 0. The van der Waals surface area contributed by atoms with Gasteiger partial charge in [0, 0.05) is 31.1 Å². The lowest BCUT2D eigenvalue weighted by atomic mass is 10.4. The van der Waals surface area contributed by atoms with E-state index in [1.807, 2.05) is 16.7 Å². The van der Waals surface area contributed by atoms with Gasteiger partial charge in [-0.2, -0.15) is 11.8 Å². The van der Waals surface area contributed by atoms with Crippen LogP contribution < -0.4 is 10.5 Å². The van der Waals surface area contributed by atoms with E-state index < -0.39 is 10.0 Å². The van der Waals surface area contributed by atoms with E-state index in [9.17, 15) is 8.42 Å². The van der Waals surface area contributed by atoms with Gasteiger partial charge in [-0.25, -0.2) is 13.1 Å². The van der Waals surface area contributed by atoms with Crippen molar-refractivity contribution in [2.45, 2.75) is 4.90 Å². The van der Waals surface area contributed by atoms with Crippen LogP contribution in [0.4, 0.5) is 0 Å². The van der Waals surface area contributed by atoms with E-state index in [1.54, 1.807) is 30.3 Å². The molecule has 3 N–H and O–H groups in total. The number of aliphatic imine (C=N–C) groups is 1. The van der Waals surface area contributed by atoms with E-state index in [4.69, 9.17) is 5.73 Å². The van der Waals surface area contributed by atoms with Crippen LogP contribution in [0.5, 0.6) is 0 Å². The summed E-state index contributed by atoms with van der Waals surface area (Å²) in [5, 5.41) is 0. The van der Waals surface area contributed by atoms with Crippen LogP contribution in [-0.2, 0) is 10.0 Å². The summed E-state index contributed by atoms with van der Waals surface area (Å²) in [4.78, 5) is 6.52. The molecule has 9 heteroatoms. The summed E-state index contributed by atoms with van der Waals surface area (Å²) in [7, 11) is -3.46. The molecular formula is C13H21IN4O2S2. The first-order chi connectivity index (χ1) is 10.1. The minimum atomic E-state index is -3.46. The average molecular weight is 456 g/mol. The topological polar surface area (TPSA) is 87.8 Å². The van der Waals surface area contributed by atoms with Gasteiger partial charge in [0.15, 0.2) is 5.96 Å². The molecule has 22 heavy (non-hydrogen) atoms. The molecule has 0 atom stereocenters. The van der Waals surface area contributed by atoms with Gasteiger partial charge in [0.25, 0.3) is 0 Å². The number of benzene rings is 1. The van der Waals surface area contributed by atoms with Crippen molar-refractivity contribution in [1.29, 1.82) is 0 Å². The van der Waals surface area contributed by atoms with E-state index >= 15 is 0 Å². The zero-order valence-corrected chi connectivity index (χ0v) is 16.1. The summed E-state index contributed by atoms with van der Waals surface area (Å²) in [5.41, 5.74) is 5.90. The van der Waals surface area contributed by atoms with E-state index in [2.05, 4.69) is 9.71 Å². The van der Waals surface area contributed by atoms with Crippen LogP contribution in [0.25, 0.3) is 0 Å². The van der Waals surface area contributed by atoms with E-state index in [0.29, 0.717) is 12.5 Å². The second-order valence-corrected chi connectivity index (χ2v) is 7.54. The van der Waals surface area contributed by atoms with E-state index in [0.717, 1.165) is 24.6 Å². The third kappa shape index (κ3) is 5.94. The molecular weight excluding hydrogens is 435 g/mol. The molecule has 1 aromatic carbocycles. The summed E-state index contributed by atoms with van der Waals surface area (Å²) < 4.78 is 26.5. The molecule has 1 saturated heterocycles. The molecule has 0 aromatic heterocycles. The van der Waals surface area contributed by atoms with Crippen molar-refractivity contribution in [1.82, 2.24) is 9.62 Å². The first kappa shape index (κ1) is 19.5. The highest BCUT2D eigenvalue weighted by Crippen LogP contribution is 2.08. The van der Waals surface area contributed by atoms with E-state index in [-0.39, 0.29) is 35.4 Å². The van der Waals surface area contributed by atoms with Gasteiger partial charge in [-0.1, -0.05) is 18.2 Å². The highest BCUT2D eigenvalue weighted by atomic mass is 127. The molecule has 1 aliphatic rings. The monoisotopic (exact) mass is 456 g/mol. The van der Waals surface area contributed by atoms with Gasteiger partial charge in [-0.3, -0.25) is 4.99 Å². The summed E-state index contributed by atoms with van der Waals surface area (Å²) >= 11 is 1.90. The van der Waals surface area contributed by atoms with Crippen LogP contribution in [0.3, 0.4) is 0 Å². The Labute approximate surface area is 153 Å². The Bertz CT molecular complexity index is 575. The fourth-order valence-electron chi connectivity index (χ4n) is 1.93. The van der Waals surface area contributed by atoms with Crippen LogP contribution in [0.2, 0.25) is 0 Å². The zero-order valence-electron chi connectivity index (χ0n) is 12.1. The molecule has 0 amide bonds. The molecule has 0 radical (unpaired) electrons. The number of rotatable bonds is 5. The first-order valence-electron chi connectivity index (χ1n) is 6.77. The van der Waals surface area contributed by atoms with Gasteiger partial charge in [0.2, 0.25) is 10.0 Å². The lowest BCUT2D eigenvalue weighted by Gasteiger charge is -2.27. The second kappa shape index (κ2) is 9.58. The van der Waals surface area contributed by atoms with Crippen LogP contribution >= 0.6 is 35.7 Å². The van der Waals surface area contributed by atoms with Crippen LogP contribution in [0, 0.1) is 0 Å². The third-order valence-corrected chi connectivity index (χ3v) is 5.49. The molecule has 1 aromatic rings.